The van der Waals surface area contributed by atoms with Crippen molar-refractivity contribution >= 4 is 33.6 Å². The first-order valence-corrected chi connectivity index (χ1v) is 11.1. The molecule has 3 nitrogen and oxygen atoms in total. The Hall–Kier alpha value is -0.520. The molecule has 0 radical (unpaired) electrons. The van der Waals surface area contributed by atoms with E-state index in [1.54, 1.807) is 0 Å². The van der Waals surface area contributed by atoms with Crippen molar-refractivity contribution in [3.8, 4) is 0 Å². The molecule has 1 saturated heterocycles. The summed E-state index contributed by atoms with van der Waals surface area (Å²) in [6.45, 7) is 3.28. The highest BCUT2D eigenvalue weighted by atomic mass is 79.9. The van der Waals surface area contributed by atoms with E-state index in [1.807, 2.05) is 36.0 Å². The molecule has 0 bridgehead atoms. The summed E-state index contributed by atoms with van der Waals surface area (Å²) in [5.41, 5.74) is 0.744. The van der Waals surface area contributed by atoms with Crippen LogP contribution in [-0.4, -0.2) is 48.0 Å². The van der Waals surface area contributed by atoms with Crippen molar-refractivity contribution in [2.75, 3.05) is 25.9 Å². The summed E-state index contributed by atoms with van der Waals surface area (Å²) >= 11 is 5.43. The van der Waals surface area contributed by atoms with Gasteiger partial charge in [-0.25, -0.2) is 0 Å². The van der Waals surface area contributed by atoms with Crippen LogP contribution in [-0.2, 0) is 0 Å². The van der Waals surface area contributed by atoms with E-state index in [1.165, 1.54) is 45.2 Å². The molecule has 0 spiro atoms. The van der Waals surface area contributed by atoms with Gasteiger partial charge >= 0.3 is 0 Å². The van der Waals surface area contributed by atoms with Crippen LogP contribution in [0, 0.1) is 5.92 Å². The summed E-state index contributed by atoms with van der Waals surface area (Å²) in [6.07, 6.45) is 8.69. The number of benzene rings is 1. The first kappa shape index (κ1) is 18.3. The number of rotatable bonds is 5. The van der Waals surface area contributed by atoms with Crippen LogP contribution in [0.1, 0.15) is 42.5 Å². The van der Waals surface area contributed by atoms with Gasteiger partial charge in [-0.2, -0.15) is 11.8 Å². The van der Waals surface area contributed by atoms with Crippen LogP contribution in [0.25, 0.3) is 0 Å². The van der Waals surface area contributed by atoms with Gasteiger partial charge in [0.15, 0.2) is 0 Å². The summed E-state index contributed by atoms with van der Waals surface area (Å²) in [5, 5.41) is 3.97. The predicted octanol–water partition coefficient (Wildman–Crippen LogP) is 4.18. The molecular weight excluding hydrogens is 384 g/mol. The fourth-order valence-corrected chi connectivity index (χ4v) is 5.10. The van der Waals surface area contributed by atoms with Crippen LogP contribution in [0.2, 0.25) is 0 Å². The molecule has 24 heavy (non-hydrogen) atoms. The lowest BCUT2D eigenvalue weighted by Gasteiger charge is -2.41. The first-order valence-electron chi connectivity index (χ1n) is 8.98. The Bertz CT molecular complexity index is 545. The maximum atomic E-state index is 12.4. The van der Waals surface area contributed by atoms with Gasteiger partial charge in [-0.3, -0.25) is 4.79 Å². The summed E-state index contributed by atoms with van der Waals surface area (Å²) in [6, 6.07) is 8.24. The lowest BCUT2D eigenvalue weighted by atomic mass is 9.83. The lowest BCUT2D eigenvalue weighted by molar-refractivity contribution is 0.0906. The molecule has 132 valence electrons. The van der Waals surface area contributed by atoms with Gasteiger partial charge in [0, 0.05) is 27.9 Å². The van der Waals surface area contributed by atoms with E-state index >= 15 is 0 Å². The van der Waals surface area contributed by atoms with Gasteiger partial charge in [-0.05, 0) is 81.6 Å². The molecule has 2 aliphatic rings. The molecule has 1 saturated carbocycles. The molecule has 1 aliphatic heterocycles. The average Bonchev–Trinajstić information content (AvgIpc) is 3.14. The summed E-state index contributed by atoms with van der Waals surface area (Å²) in [7, 11) is 0. The molecule has 0 aromatic heterocycles. The number of carbonyl (C=O) groups excluding carboxylic acids is 1. The first-order chi connectivity index (χ1) is 11.7. The van der Waals surface area contributed by atoms with Crippen molar-refractivity contribution in [3.05, 3.63) is 34.3 Å². The van der Waals surface area contributed by atoms with E-state index in [4.69, 9.17) is 0 Å². The Morgan fingerprint density at radius 1 is 1.25 bits per heavy atom. The van der Waals surface area contributed by atoms with Crippen molar-refractivity contribution in [1.29, 1.82) is 0 Å². The van der Waals surface area contributed by atoms with Crippen LogP contribution in [0.15, 0.2) is 28.7 Å². The minimum Gasteiger partial charge on any atom is -0.352 e. The van der Waals surface area contributed by atoms with Gasteiger partial charge in [0.1, 0.15) is 0 Å². The molecule has 5 heteroatoms. The lowest BCUT2D eigenvalue weighted by Crippen LogP contribution is -2.47. The smallest absolute Gasteiger partial charge is 0.251 e. The Kier molecular flexibility index (Phi) is 6.64. The minimum absolute atomic E-state index is 0.0506. The number of hydrogen-bond donors (Lipinski definition) is 1. The van der Waals surface area contributed by atoms with E-state index < -0.39 is 0 Å². The highest BCUT2D eigenvalue weighted by Gasteiger charge is 2.35. The number of hydrogen-bond acceptors (Lipinski definition) is 3. The van der Waals surface area contributed by atoms with E-state index in [0.717, 1.165) is 21.8 Å². The molecule has 1 aliphatic carbocycles. The average molecular weight is 411 g/mol. The van der Waals surface area contributed by atoms with Crippen LogP contribution in [0.3, 0.4) is 0 Å². The third kappa shape index (κ3) is 4.55. The molecule has 3 atom stereocenters. The highest BCUT2D eigenvalue weighted by molar-refractivity contribution is 9.10. The van der Waals surface area contributed by atoms with Crippen molar-refractivity contribution < 1.29 is 4.79 Å². The third-order valence-corrected chi connectivity index (χ3v) is 7.11. The number of nitrogens with zero attached hydrogens (tertiary/aromatic N) is 1. The number of nitrogens with one attached hydrogen (secondary N) is 1. The van der Waals surface area contributed by atoms with Gasteiger partial charge in [-0.1, -0.05) is 15.9 Å². The number of carbonyl (C=O) groups is 1. The maximum Gasteiger partial charge on any atom is 0.251 e. The molecule has 1 aromatic carbocycles. The van der Waals surface area contributed by atoms with Crippen molar-refractivity contribution in [2.45, 2.75) is 43.4 Å². The van der Waals surface area contributed by atoms with Gasteiger partial charge < -0.3 is 10.2 Å². The second kappa shape index (κ2) is 8.72. The van der Waals surface area contributed by atoms with Gasteiger partial charge in [0.05, 0.1) is 0 Å². The molecule has 1 amide bonds. The normalized spacial score (nSPS) is 28.0. The zero-order valence-electron chi connectivity index (χ0n) is 14.3. The second-order valence-corrected chi connectivity index (χ2v) is 9.01. The predicted molar refractivity (Wildman–Crippen MR) is 106 cm³/mol. The van der Waals surface area contributed by atoms with Crippen LogP contribution < -0.4 is 5.32 Å². The van der Waals surface area contributed by atoms with E-state index in [0.29, 0.717) is 12.0 Å². The standard InChI is InChI=1S/C19H27BrN2OS/c1-24-17-9-6-15(18(12-17)22-10-2-3-11-22)13-21-19(23)14-4-7-16(20)8-5-14/h4-5,7-8,15,17-18H,2-3,6,9-13H2,1H3,(H,21,23). The fraction of sp³-hybridized carbons (Fsp3) is 0.632. The number of amides is 1. The van der Waals surface area contributed by atoms with Gasteiger partial charge in [0.25, 0.3) is 5.91 Å². The van der Waals surface area contributed by atoms with Crippen LogP contribution in [0.4, 0.5) is 0 Å². The minimum atomic E-state index is 0.0506. The summed E-state index contributed by atoms with van der Waals surface area (Å²) in [4.78, 5) is 15.1. The van der Waals surface area contributed by atoms with Crippen LogP contribution in [0.5, 0.6) is 0 Å². The highest BCUT2D eigenvalue weighted by Crippen LogP contribution is 2.35. The molecule has 3 unspecified atom stereocenters. The molecule has 3 rings (SSSR count). The quantitative estimate of drug-likeness (QED) is 0.789. The van der Waals surface area contributed by atoms with Gasteiger partial charge in [0.2, 0.25) is 0 Å². The summed E-state index contributed by atoms with van der Waals surface area (Å²) in [5.74, 6) is 0.639. The Labute approximate surface area is 158 Å². The number of likely N-dealkylation sites (tertiary alicyclic amines) is 1. The van der Waals surface area contributed by atoms with Gasteiger partial charge in [-0.15, -0.1) is 0 Å². The molecule has 1 aromatic rings. The topological polar surface area (TPSA) is 32.3 Å². The third-order valence-electron chi connectivity index (χ3n) is 5.48. The van der Waals surface area contributed by atoms with E-state index in [-0.39, 0.29) is 5.91 Å². The Balaban J connectivity index is 1.59. The Morgan fingerprint density at radius 2 is 1.96 bits per heavy atom. The number of thioether (sulfide) groups is 1. The zero-order valence-corrected chi connectivity index (χ0v) is 16.7. The zero-order chi connectivity index (χ0) is 16.9. The van der Waals surface area contributed by atoms with E-state index in [2.05, 4.69) is 32.4 Å². The maximum absolute atomic E-state index is 12.4. The van der Waals surface area contributed by atoms with Crippen molar-refractivity contribution in [1.82, 2.24) is 10.2 Å². The largest absolute Gasteiger partial charge is 0.352 e. The molecule has 1 N–H and O–H groups in total. The SMILES string of the molecule is CSC1CCC(CNC(=O)c2ccc(Br)cc2)C(N2CCCC2)C1. The Morgan fingerprint density at radius 3 is 2.62 bits per heavy atom. The fourth-order valence-electron chi connectivity index (χ4n) is 4.07. The number of halogens is 1. The van der Waals surface area contributed by atoms with Crippen molar-refractivity contribution in [2.24, 2.45) is 5.92 Å². The monoisotopic (exact) mass is 410 g/mol. The summed E-state index contributed by atoms with van der Waals surface area (Å²) < 4.78 is 1.00. The molecular formula is C19H27BrN2OS. The second-order valence-electron chi connectivity index (χ2n) is 6.96. The van der Waals surface area contributed by atoms with Crippen molar-refractivity contribution in [3.63, 3.8) is 0 Å². The molecule has 2 fully saturated rings. The molecule has 1 heterocycles. The van der Waals surface area contributed by atoms with Crippen LogP contribution >= 0.6 is 27.7 Å². The van der Waals surface area contributed by atoms with E-state index in [9.17, 15) is 4.79 Å².